The fraction of sp³-hybridized carbons (Fsp3) is 0.579. The Bertz CT molecular complexity index is 984. The molecule has 1 aliphatic rings. The van der Waals surface area contributed by atoms with Gasteiger partial charge in [-0.1, -0.05) is 6.42 Å². The molecular formula is C19H28N6O3S. The minimum Gasteiger partial charge on any atom is -0.339 e. The fourth-order valence-corrected chi connectivity index (χ4v) is 5.25. The summed E-state index contributed by atoms with van der Waals surface area (Å²) < 4.78 is 29.3. The Kier molecular flexibility index (Phi) is 6.33. The zero-order chi connectivity index (χ0) is 21.2. The summed E-state index contributed by atoms with van der Waals surface area (Å²) in [6.07, 6.45) is 6.80. The van der Waals surface area contributed by atoms with Crippen molar-refractivity contribution in [2.75, 3.05) is 19.6 Å². The molecule has 1 saturated heterocycles. The molecule has 1 fully saturated rings. The molecule has 0 N–H and O–H groups in total. The number of hydrogen-bond acceptors (Lipinski definition) is 6. The maximum Gasteiger partial charge on any atom is 0.262 e. The number of hydrogen-bond donors (Lipinski definition) is 0. The van der Waals surface area contributed by atoms with Crippen molar-refractivity contribution >= 4 is 15.9 Å². The molecule has 3 heterocycles. The number of sulfonamides is 1. The van der Waals surface area contributed by atoms with E-state index in [0.717, 1.165) is 12.8 Å². The molecule has 9 nitrogen and oxygen atoms in total. The van der Waals surface area contributed by atoms with E-state index >= 15 is 0 Å². The van der Waals surface area contributed by atoms with Crippen molar-refractivity contribution in [2.45, 2.75) is 51.1 Å². The average Bonchev–Trinajstić information content (AvgIpc) is 3.16. The highest BCUT2D eigenvalue weighted by Crippen LogP contribution is 2.33. The summed E-state index contributed by atoms with van der Waals surface area (Å²) in [6.45, 7) is 7.22. The number of carbonyl (C=O) groups is 1. The lowest BCUT2D eigenvalue weighted by atomic mass is 10.0. The SMILES string of the molecule is CCN(CC)C(=O)c1cnc([C@H]2CCCCN2S(=O)(=O)c2cn(C)cn2)nc1C. The molecule has 2 aromatic heterocycles. The maximum absolute atomic E-state index is 13.1. The van der Waals surface area contributed by atoms with Crippen molar-refractivity contribution < 1.29 is 13.2 Å². The minimum atomic E-state index is -3.75. The molecule has 0 spiro atoms. The second-order valence-electron chi connectivity index (χ2n) is 7.21. The number of imidazole rings is 1. The molecule has 2 aromatic rings. The van der Waals surface area contributed by atoms with Crippen molar-refractivity contribution in [2.24, 2.45) is 7.05 Å². The first-order chi connectivity index (χ1) is 13.8. The van der Waals surface area contributed by atoms with Gasteiger partial charge < -0.3 is 9.47 Å². The van der Waals surface area contributed by atoms with E-state index in [4.69, 9.17) is 0 Å². The Morgan fingerprint density at radius 3 is 2.55 bits per heavy atom. The summed E-state index contributed by atoms with van der Waals surface area (Å²) in [5.41, 5.74) is 1.01. The van der Waals surface area contributed by atoms with Crippen molar-refractivity contribution in [1.82, 2.24) is 28.7 Å². The Labute approximate surface area is 171 Å². The van der Waals surface area contributed by atoms with Gasteiger partial charge >= 0.3 is 0 Å². The van der Waals surface area contributed by atoms with Crippen LogP contribution in [0.2, 0.25) is 0 Å². The third kappa shape index (κ3) is 4.18. The standard InChI is InChI=1S/C19H28N6O3S/c1-5-24(6-2)19(26)15-11-20-18(22-14(15)3)16-9-7-8-10-25(16)29(27,28)17-12-23(4)13-21-17/h11-13,16H,5-10H2,1-4H3/t16-/m1/s1. The first kappa shape index (κ1) is 21.4. The van der Waals surface area contributed by atoms with Crippen LogP contribution >= 0.6 is 0 Å². The number of aromatic nitrogens is 4. The molecule has 29 heavy (non-hydrogen) atoms. The zero-order valence-electron chi connectivity index (χ0n) is 17.4. The molecule has 0 aliphatic carbocycles. The highest BCUT2D eigenvalue weighted by atomic mass is 32.2. The summed E-state index contributed by atoms with van der Waals surface area (Å²) >= 11 is 0. The van der Waals surface area contributed by atoms with Gasteiger partial charge in [-0.25, -0.2) is 23.4 Å². The van der Waals surface area contributed by atoms with Crippen LogP contribution in [0.1, 0.15) is 61.0 Å². The summed E-state index contributed by atoms with van der Waals surface area (Å²) in [6, 6.07) is -0.466. The maximum atomic E-state index is 13.1. The zero-order valence-corrected chi connectivity index (χ0v) is 18.2. The van der Waals surface area contributed by atoms with E-state index in [9.17, 15) is 13.2 Å². The Morgan fingerprint density at radius 2 is 1.97 bits per heavy atom. The Hall–Kier alpha value is -2.33. The highest BCUT2D eigenvalue weighted by molar-refractivity contribution is 7.89. The first-order valence-electron chi connectivity index (χ1n) is 9.92. The summed E-state index contributed by atoms with van der Waals surface area (Å²) in [5, 5.41) is 0.0250. The van der Waals surface area contributed by atoms with E-state index in [-0.39, 0.29) is 10.9 Å². The third-order valence-corrected chi connectivity index (χ3v) is 7.08. The molecule has 0 aromatic carbocycles. The minimum absolute atomic E-state index is 0.0250. The number of amides is 1. The van der Waals surface area contributed by atoms with E-state index < -0.39 is 16.1 Å². The number of aryl methyl sites for hydroxylation is 2. The van der Waals surface area contributed by atoms with Gasteiger partial charge in [0.1, 0.15) is 5.82 Å². The monoisotopic (exact) mass is 420 g/mol. The van der Waals surface area contributed by atoms with Crippen LogP contribution in [0.3, 0.4) is 0 Å². The fourth-order valence-electron chi connectivity index (χ4n) is 3.63. The van der Waals surface area contributed by atoms with Crippen LogP contribution in [0.4, 0.5) is 0 Å². The van der Waals surface area contributed by atoms with Gasteiger partial charge in [-0.15, -0.1) is 0 Å². The molecule has 158 valence electrons. The van der Waals surface area contributed by atoms with E-state index in [2.05, 4.69) is 15.0 Å². The number of carbonyl (C=O) groups excluding carboxylic acids is 1. The van der Waals surface area contributed by atoms with Gasteiger partial charge in [0.15, 0.2) is 5.03 Å². The lowest BCUT2D eigenvalue weighted by Gasteiger charge is -2.33. The first-order valence-corrected chi connectivity index (χ1v) is 11.4. The number of nitrogens with zero attached hydrogens (tertiary/aromatic N) is 6. The molecule has 3 rings (SSSR count). The molecular weight excluding hydrogens is 392 g/mol. The van der Waals surface area contributed by atoms with Gasteiger partial charge in [0.25, 0.3) is 15.9 Å². The Balaban J connectivity index is 1.93. The van der Waals surface area contributed by atoms with Crippen molar-refractivity contribution in [3.05, 3.63) is 35.8 Å². The predicted octanol–water partition coefficient (Wildman–Crippen LogP) is 1.92. The molecule has 1 amide bonds. The lowest BCUT2D eigenvalue weighted by molar-refractivity contribution is 0.0771. The normalized spacial score (nSPS) is 18.0. The van der Waals surface area contributed by atoms with Crippen molar-refractivity contribution in [3.8, 4) is 0 Å². The van der Waals surface area contributed by atoms with Gasteiger partial charge in [0.05, 0.1) is 23.6 Å². The summed E-state index contributed by atoms with van der Waals surface area (Å²) in [4.78, 5) is 27.3. The third-order valence-electron chi connectivity index (χ3n) is 5.28. The van der Waals surface area contributed by atoms with Gasteiger partial charge in [-0.05, 0) is 33.6 Å². The highest BCUT2D eigenvalue weighted by Gasteiger charge is 2.37. The average molecular weight is 421 g/mol. The van der Waals surface area contributed by atoms with E-state index in [1.54, 1.807) is 23.4 Å². The van der Waals surface area contributed by atoms with Crippen LogP contribution in [0.15, 0.2) is 23.7 Å². The van der Waals surface area contributed by atoms with Crippen LogP contribution in [-0.4, -0.2) is 62.7 Å². The molecule has 1 aliphatic heterocycles. The molecule has 10 heteroatoms. The molecule has 0 saturated carbocycles. The molecule has 0 unspecified atom stereocenters. The second kappa shape index (κ2) is 8.58. The number of piperidine rings is 1. The summed E-state index contributed by atoms with van der Waals surface area (Å²) in [5.74, 6) is 0.318. The van der Waals surface area contributed by atoms with E-state index in [1.807, 2.05) is 13.8 Å². The van der Waals surface area contributed by atoms with Crippen LogP contribution < -0.4 is 0 Å². The largest absolute Gasteiger partial charge is 0.339 e. The van der Waals surface area contributed by atoms with Gasteiger partial charge in [0, 0.05) is 39.1 Å². The van der Waals surface area contributed by atoms with Gasteiger partial charge in [0.2, 0.25) is 0 Å². The van der Waals surface area contributed by atoms with Gasteiger partial charge in [-0.2, -0.15) is 4.31 Å². The van der Waals surface area contributed by atoms with Gasteiger partial charge in [-0.3, -0.25) is 4.79 Å². The molecule has 0 bridgehead atoms. The number of rotatable bonds is 6. The Morgan fingerprint density at radius 1 is 1.24 bits per heavy atom. The van der Waals surface area contributed by atoms with E-state index in [1.165, 1.54) is 23.0 Å². The second-order valence-corrected chi connectivity index (χ2v) is 9.05. The molecule has 1 atom stereocenters. The van der Waals surface area contributed by atoms with Crippen LogP contribution in [0.5, 0.6) is 0 Å². The van der Waals surface area contributed by atoms with Crippen molar-refractivity contribution in [3.63, 3.8) is 0 Å². The van der Waals surface area contributed by atoms with Crippen LogP contribution in [0, 0.1) is 6.92 Å². The van der Waals surface area contributed by atoms with Crippen LogP contribution in [-0.2, 0) is 17.1 Å². The quantitative estimate of drug-likeness (QED) is 0.708. The lowest BCUT2D eigenvalue weighted by Crippen LogP contribution is -2.39. The summed E-state index contributed by atoms with van der Waals surface area (Å²) in [7, 11) is -2.02. The van der Waals surface area contributed by atoms with Crippen LogP contribution in [0.25, 0.3) is 0 Å². The topological polar surface area (TPSA) is 101 Å². The van der Waals surface area contributed by atoms with Crippen molar-refractivity contribution in [1.29, 1.82) is 0 Å². The smallest absolute Gasteiger partial charge is 0.262 e. The molecule has 0 radical (unpaired) electrons. The van der Waals surface area contributed by atoms with E-state index in [0.29, 0.717) is 43.1 Å². The predicted molar refractivity (Wildman–Crippen MR) is 108 cm³/mol.